The standard InChI is InChI=1S/C15H12N2O3/c18-14(6-7-15(19)20)17-12-8-9-16-13(10-12)11-4-2-1-3-5-11/h1-10H,(H,19,20)(H,16,17,18)/b7-6+. The maximum Gasteiger partial charge on any atom is 0.328 e. The molecule has 0 saturated carbocycles. The molecule has 0 aliphatic heterocycles. The van der Waals surface area contributed by atoms with Crippen LogP contribution < -0.4 is 5.32 Å². The van der Waals surface area contributed by atoms with Gasteiger partial charge in [-0.05, 0) is 12.1 Å². The van der Waals surface area contributed by atoms with Crippen molar-refractivity contribution in [2.45, 2.75) is 0 Å². The Morgan fingerprint density at radius 1 is 1.10 bits per heavy atom. The number of benzene rings is 1. The Balaban J connectivity index is 2.15. The van der Waals surface area contributed by atoms with Gasteiger partial charge in [0.15, 0.2) is 0 Å². The van der Waals surface area contributed by atoms with Crippen molar-refractivity contribution >= 4 is 17.6 Å². The predicted octanol–water partition coefficient (Wildman–Crippen LogP) is 2.33. The SMILES string of the molecule is O=C(O)/C=C/C(=O)Nc1ccnc(-c2ccccc2)c1. The van der Waals surface area contributed by atoms with Gasteiger partial charge in [-0.1, -0.05) is 30.3 Å². The van der Waals surface area contributed by atoms with E-state index in [0.717, 1.165) is 23.4 Å². The van der Waals surface area contributed by atoms with Crippen LogP contribution in [0.4, 0.5) is 5.69 Å². The fraction of sp³-hybridized carbons (Fsp3) is 0. The predicted molar refractivity (Wildman–Crippen MR) is 75.1 cm³/mol. The number of pyridine rings is 1. The second-order valence-corrected chi connectivity index (χ2v) is 3.96. The zero-order chi connectivity index (χ0) is 14.4. The van der Waals surface area contributed by atoms with E-state index in [1.165, 1.54) is 0 Å². The molecule has 0 atom stereocenters. The Morgan fingerprint density at radius 3 is 2.55 bits per heavy atom. The second kappa shape index (κ2) is 6.29. The Bertz CT molecular complexity index is 651. The van der Waals surface area contributed by atoms with Crippen LogP contribution in [0.5, 0.6) is 0 Å². The Labute approximate surface area is 115 Å². The van der Waals surface area contributed by atoms with Crippen molar-refractivity contribution in [2.24, 2.45) is 0 Å². The summed E-state index contributed by atoms with van der Waals surface area (Å²) in [6.45, 7) is 0. The van der Waals surface area contributed by atoms with E-state index in [2.05, 4.69) is 10.3 Å². The number of aliphatic carboxylic acids is 1. The van der Waals surface area contributed by atoms with Gasteiger partial charge in [-0.3, -0.25) is 9.78 Å². The van der Waals surface area contributed by atoms with Gasteiger partial charge in [0.25, 0.3) is 0 Å². The van der Waals surface area contributed by atoms with E-state index in [4.69, 9.17) is 5.11 Å². The smallest absolute Gasteiger partial charge is 0.328 e. The van der Waals surface area contributed by atoms with Gasteiger partial charge in [0, 0.05) is 29.6 Å². The first-order valence-electron chi connectivity index (χ1n) is 5.88. The molecule has 1 amide bonds. The summed E-state index contributed by atoms with van der Waals surface area (Å²) in [4.78, 5) is 26.0. The van der Waals surface area contributed by atoms with Crippen LogP contribution in [0.25, 0.3) is 11.3 Å². The molecular weight excluding hydrogens is 256 g/mol. The molecule has 5 nitrogen and oxygen atoms in total. The maximum atomic E-state index is 11.5. The van der Waals surface area contributed by atoms with Crippen LogP contribution >= 0.6 is 0 Å². The van der Waals surface area contributed by atoms with Crippen molar-refractivity contribution in [2.75, 3.05) is 5.32 Å². The minimum Gasteiger partial charge on any atom is -0.478 e. The first-order chi connectivity index (χ1) is 9.65. The van der Waals surface area contributed by atoms with Crippen molar-refractivity contribution in [3.63, 3.8) is 0 Å². The fourth-order valence-electron chi connectivity index (χ4n) is 1.61. The lowest BCUT2D eigenvalue weighted by Crippen LogP contribution is -2.08. The summed E-state index contributed by atoms with van der Waals surface area (Å²) < 4.78 is 0. The zero-order valence-corrected chi connectivity index (χ0v) is 10.5. The molecule has 2 rings (SSSR count). The van der Waals surface area contributed by atoms with Gasteiger partial charge in [0.1, 0.15) is 0 Å². The molecule has 0 radical (unpaired) electrons. The fourth-order valence-corrected chi connectivity index (χ4v) is 1.61. The molecule has 1 aromatic carbocycles. The Morgan fingerprint density at radius 2 is 1.85 bits per heavy atom. The summed E-state index contributed by atoms with van der Waals surface area (Å²) in [5.74, 6) is -1.67. The molecule has 0 aliphatic carbocycles. The summed E-state index contributed by atoms with van der Waals surface area (Å²) >= 11 is 0. The number of carbonyl (C=O) groups excluding carboxylic acids is 1. The molecule has 0 aliphatic rings. The van der Waals surface area contributed by atoms with Crippen LogP contribution in [0.3, 0.4) is 0 Å². The number of aromatic nitrogens is 1. The van der Waals surface area contributed by atoms with Gasteiger partial charge in [-0.2, -0.15) is 0 Å². The molecule has 100 valence electrons. The molecule has 5 heteroatoms. The molecule has 2 N–H and O–H groups in total. The minimum atomic E-state index is -1.17. The summed E-state index contributed by atoms with van der Waals surface area (Å²) in [5, 5.41) is 11.0. The van der Waals surface area contributed by atoms with E-state index < -0.39 is 11.9 Å². The largest absolute Gasteiger partial charge is 0.478 e. The molecule has 1 heterocycles. The minimum absolute atomic E-state index is 0.502. The van der Waals surface area contributed by atoms with E-state index in [9.17, 15) is 9.59 Å². The van der Waals surface area contributed by atoms with Crippen molar-refractivity contribution in [3.8, 4) is 11.3 Å². The lowest BCUT2D eigenvalue weighted by Gasteiger charge is -2.05. The lowest BCUT2D eigenvalue weighted by molar-refractivity contribution is -0.131. The maximum absolute atomic E-state index is 11.5. The molecule has 0 saturated heterocycles. The van der Waals surface area contributed by atoms with Crippen molar-refractivity contribution in [1.29, 1.82) is 0 Å². The van der Waals surface area contributed by atoms with Gasteiger partial charge < -0.3 is 10.4 Å². The average molecular weight is 268 g/mol. The summed E-state index contributed by atoms with van der Waals surface area (Å²) in [6.07, 6.45) is 3.33. The van der Waals surface area contributed by atoms with Crippen molar-refractivity contribution < 1.29 is 14.7 Å². The number of nitrogens with one attached hydrogen (secondary N) is 1. The highest BCUT2D eigenvalue weighted by atomic mass is 16.4. The summed E-state index contributed by atoms with van der Waals surface area (Å²) in [6, 6.07) is 12.9. The summed E-state index contributed by atoms with van der Waals surface area (Å²) in [5.41, 5.74) is 2.22. The van der Waals surface area contributed by atoms with Crippen LogP contribution in [-0.4, -0.2) is 22.0 Å². The van der Waals surface area contributed by atoms with Crippen molar-refractivity contribution in [1.82, 2.24) is 4.98 Å². The number of amides is 1. The normalized spacial score (nSPS) is 10.4. The number of anilines is 1. The molecule has 0 unspecified atom stereocenters. The van der Waals surface area contributed by atoms with E-state index >= 15 is 0 Å². The molecular formula is C15H12N2O3. The summed E-state index contributed by atoms with van der Waals surface area (Å²) in [7, 11) is 0. The first-order valence-corrected chi connectivity index (χ1v) is 5.88. The van der Waals surface area contributed by atoms with Gasteiger partial charge in [0.2, 0.25) is 5.91 Å². The van der Waals surface area contributed by atoms with Crippen molar-refractivity contribution in [3.05, 3.63) is 60.8 Å². The first kappa shape index (κ1) is 13.5. The van der Waals surface area contributed by atoms with Gasteiger partial charge in [0.05, 0.1) is 5.69 Å². The molecule has 0 spiro atoms. The molecule has 0 bridgehead atoms. The monoisotopic (exact) mass is 268 g/mol. The highest BCUT2D eigenvalue weighted by Crippen LogP contribution is 2.19. The van der Waals surface area contributed by atoms with Crippen LogP contribution in [0, 0.1) is 0 Å². The Hall–Kier alpha value is -2.95. The average Bonchev–Trinajstić information content (AvgIpc) is 2.46. The number of carboxylic acid groups (broad SMARTS) is 1. The zero-order valence-electron chi connectivity index (χ0n) is 10.5. The molecule has 1 aromatic heterocycles. The van der Waals surface area contributed by atoms with Crippen LogP contribution in [0.1, 0.15) is 0 Å². The van der Waals surface area contributed by atoms with E-state index in [1.54, 1.807) is 18.3 Å². The number of nitrogens with zero attached hydrogens (tertiary/aromatic N) is 1. The number of carboxylic acids is 1. The van der Waals surface area contributed by atoms with Crippen LogP contribution in [0.2, 0.25) is 0 Å². The second-order valence-electron chi connectivity index (χ2n) is 3.96. The number of rotatable bonds is 4. The third-order valence-corrected chi connectivity index (χ3v) is 2.47. The Kier molecular flexibility index (Phi) is 4.24. The highest BCUT2D eigenvalue weighted by Gasteiger charge is 2.02. The van der Waals surface area contributed by atoms with E-state index in [-0.39, 0.29) is 0 Å². The van der Waals surface area contributed by atoms with Crippen LogP contribution in [-0.2, 0) is 9.59 Å². The third-order valence-electron chi connectivity index (χ3n) is 2.47. The van der Waals surface area contributed by atoms with E-state index in [0.29, 0.717) is 5.69 Å². The van der Waals surface area contributed by atoms with Gasteiger partial charge >= 0.3 is 5.97 Å². The molecule has 2 aromatic rings. The number of hydrogen-bond donors (Lipinski definition) is 2. The number of hydrogen-bond acceptors (Lipinski definition) is 3. The highest BCUT2D eigenvalue weighted by molar-refractivity contribution is 6.02. The molecule has 0 fully saturated rings. The van der Waals surface area contributed by atoms with Gasteiger partial charge in [-0.15, -0.1) is 0 Å². The van der Waals surface area contributed by atoms with E-state index in [1.807, 2.05) is 30.3 Å². The van der Waals surface area contributed by atoms with Gasteiger partial charge in [-0.25, -0.2) is 4.79 Å². The molecule has 20 heavy (non-hydrogen) atoms. The van der Waals surface area contributed by atoms with Crippen LogP contribution in [0.15, 0.2) is 60.8 Å². The third kappa shape index (κ3) is 3.78. The number of carbonyl (C=O) groups is 2. The quantitative estimate of drug-likeness (QED) is 0.834. The topological polar surface area (TPSA) is 79.3 Å². The lowest BCUT2D eigenvalue weighted by atomic mass is 10.1.